The van der Waals surface area contributed by atoms with E-state index >= 15 is 0 Å². The Hall–Kier alpha value is -2.70. The Balaban J connectivity index is 1.58. The van der Waals surface area contributed by atoms with E-state index in [-0.39, 0.29) is 11.5 Å². The number of nitrogens with one attached hydrogen (secondary N) is 1. The maximum atomic E-state index is 13.6. The van der Waals surface area contributed by atoms with Gasteiger partial charge >= 0.3 is 6.03 Å². The van der Waals surface area contributed by atoms with Crippen LogP contribution in [0.2, 0.25) is 0 Å². The van der Waals surface area contributed by atoms with Crippen molar-refractivity contribution in [2.75, 3.05) is 36.4 Å². The van der Waals surface area contributed by atoms with Crippen LogP contribution in [0.25, 0.3) is 0 Å². The minimum Gasteiger partial charge on any atom is -0.368 e. The summed E-state index contributed by atoms with van der Waals surface area (Å²) < 4.78 is 39.4. The minimum atomic E-state index is -0.812. The van der Waals surface area contributed by atoms with Gasteiger partial charge in [0, 0.05) is 37.9 Å². The molecule has 0 saturated carbocycles. The first-order chi connectivity index (χ1) is 11.5. The van der Waals surface area contributed by atoms with Crippen molar-refractivity contribution >= 4 is 17.4 Å². The minimum absolute atomic E-state index is 0.0534. The standard InChI is InChI=1S/C17H16F3N3O/c18-12-1-4-14(5-2-12)22-7-9-23(10-8-22)17(24)21-16-6-3-13(19)11-15(16)20/h1-6,11H,7-10H2,(H,21,24). The normalized spacial score (nSPS) is 14.6. The molecule has 0 radical (unpaired) electrons. The molecule has 4 nitrogen and oxygen atoms in total. The van der Waals surface area contributed by atoms with Crippen LogP contribution in [-0.2, 0) is 0 Å². The second kappa shape index (κ2) is 6.82. The van der Waals surface area contributed by atoms with Crippen molar-refractivity contribution in [3.63, 3.8) is 0 Å². The van der Waals surface area contributed by atoms with E-state index in [9.17, 15) is 18.0 Å². The van der Waals surface area contributed by atoms with E-state index in [1.807, 2.05) is 4.90 Å². The average molecular weight is 335 g/mol. The Labute approximate surface area is 137 Å². The van der Waals surface area contributed by atoms with Crippen LogP contribution < -0.4 is 10.2 Å². The Bertz CT molecular complexity index is 728. The number of anilines is 2. The highest BCUT2D eigenvalue weighted by molar-refractivity contribution is 5.89. The summed E-state index contributed by atoms with van der Waals surface area (Å²) in [5.41, 5.74) is 0.836. The van der Waals surface area contributed by atoms with Crippen LogP contribution in [0.4, 0.5) is 29.3 Å². The number of amides is 2. The first-order valence-electron chi connectivity index (χ1n) is 7.54. The molecule has 1 fully saturated rings. The Morgan fingerprint density at radius 3 is 2.12 bits per heavy atom. The van der Waals surface area contributed by atoms with Crippen LogP contribution in [0.1, 0.15) is 0 Å². The lowest BCUT2D eigenvalue weighted by atomic mass is 10.2. The number of hydrogen-bond acceptors (Lipinski definition) is 2. The SMILES string of the molecule is O=C(Nc1ccc(F)cc1F)N1CCN(c2ccc(F)cc2)CC1. The van der Waals surface area contributed by atoms with Gasteiger partial charge in [0.2, 0.25) is 0 Å². The summed E-state index contributed by atoms with van der Waals surface area (Å²) in [6, 6.07) is 8.75. The predicted molar refractivity (Wildman–Crippen MR) is 85.6 cm³/mol. The molecule has 0 atom stereocenters. The molecular weight excluding hydrogens is 319 g/mol. The predicted octanol–water partition coefficient (Wildman–Crippen LogP) is 3.46. The molecule has 1 saturated heterocycles. The van der Waals surface area contributed by atoms with E-state index in [0.717, 1.165) is 17.8 Å². The number of nitrogens with zero attached hydrogens (tertiary/aromatic N) is 2. The average Bonchev–Trinajstić information content (AvgIpc) is 2.58. The molecule has 2 aromatic rings. The summed E-state index contributed by atoms with van der Waals surface area (Å²) in [4.78, 5) is 15.8. The largest absolute Gasteiger partial charge is 0.368 e. The molecule has 3 rings (SSSR count). The number of carbonyl (C=O) groups excluding carboxylic acids is 1. The lowest BCUT2D eigenvalue weighted by Crippen LogP contribution is -2.50. The van der Waals surface area contributed by atoms with E-state index in [4.69, 9.17) is 0 Å². The van der Waals surface area contributed by atoms with Crippen LogP contribution in [0.15, 0.2) is 42.5 Å². The molecule has 126 valence electrons. The third kappa shape index (κ3) is 3.61. The molecule has 1 aliphatic heterocycles. The van der Waals surface area contributed by atoms with Gasteiger partial charge in [-0.1, -0.05) is 0 Å². The van der Waals surface area contributed by atoms with Crippen molar-refractivity contribution in [3.8, 4) is 0 Å². The maximum Gasteiger partial charge on any atom is 0.322 e. The van der Waals surface area contributed by atoms with Crippen molar-refractivity contribution in [2.24, 2.45) is 0 Å². The van der Waals surface area contributed by atoms with Crippen LogP contribution in [0.3, 0.4) is 0 Å². The van der Waals surface area contributed by atoms with Gasteiger partial charge in [0.25, 0.3) is 0 Å². The molecule has 0 unspecified atom stereocenters. The summed E-state index contributed by atoms with van der Waals surface area (Å²) in [7, 11) is 0. The second-order valence-corrected chi connectivity index (χ2v) is 5.50. The maximum absolute atomic E-state index is 13.6. The van der Waals surface area contributed by atoms with Gasteiger partial charge in [0.1, 0.15) is 17.5 Å². The Kier molecular flexibility index (Phi) is 4.59. The van der Waals surface area contributed by atoms with Gasteiger partial charge in [-0.25, -0.2) is 18.0 Å². The van der Waals surface area contributed by atoms with Gasteiger partial charge in [-0.15, -0.1) is 0 Å². The van der Waals surface area contributed by atoms with Crippen molar-refractivity contribution < 1.29 is 18.0 Å². The number of piperazine rings is 1. The highest BCUT2D eigenvalue weighted by atomic mass is 19.1. The molecule has 0 aliphatic carbocycles. The van der Waals surface area contributed by atoms with Crippen molar-refractivity contribution in [2.45, 2.75) is 0 Å². The zero-order valence-electron chi connectivity index (χ0n) is 12.8. The van der Waals surface area contributed by atoms with Gasteiger partial charge < -0.3 is 15.1 Å². The Morgan fingerprint density at radius 2 is 1.50 bits per heavy atom. The fourth-order valence-corrected chi connectivity index (χ4v) is 2.60. The van der Waals surface area contributed by atoms with Crippen LogP contribution in [0, 0.1) is 17.5 Å². The van der Waals surface area contributed by atoms with Gasteiger partial charge in [-0.2, -0.15) is 0 Å². The first-order valence-corrected chi connectivity index (χ1v) is 7.54. The van der Waals surface area contributed by atoms with E-state index in [0.29, 0.717) is 26.2 Å². The smallest absolute Gasteiger partial charge is 0.322 e. The van der Waals surface area contributed by atoms with Crippen LogP contribution in [0.5, 0.6) is 0 Å². The first kappa shape index (κ1) is 16.2. The molecule has 1 heterocycles. The number of rotatable bonds is 2. The second-order valence-electron chi connectivity index (χ2n) is 5.50. The molecule has 1 aliphatic rings. The molecule has 2 amide bonds. The van der Waals surface area contributed by atoms with Gasteiger partial charge in [0.15, 0.2) is 0 Å². The summed E-state index contributed by atoms with van der Waals surface area (Å²) >= 11 is 0. The van der Waals surface area contributed by atoms with Crippen molar-refractivity contribution in [1.29, 1.82) is 0 Å². The third-order valence-electron chi connectivity index (χ3n) is 3.93. The van der Waals surface area contributed by atoms with Crippen molar-refractivity contribution in [3.05, 3.63) is 59.9 Å². The summed E-state index contributed by atoms with van der Waals surface area (Å²) in [6.07, 6.45) is 0. The molecule has 1 N–H and O–H groups in total. The lowest BCUT2D eigenvalue weighted by molar-refractivity contribution is 0.208. The van der Waals surface area contributed by atoms with Crippen LogP contribution in [-0.4, -0.2) is 37.1 Å². The van der Waals surface area contributed by atoms with E-state index in [1.165, 1.54) is 18.2 Å². The number of halogens is 3. The van der Waals surface area contributed by atoms with Gasteiger partial charge in [-0.3, -0.25) is 0 Å². The number of urea groups is 1. The number of benzene rings is 2. The molecule has 7 heteroatoms. The highest BCUT2D eigenvalue weighted by Crippen LogP contribution is 2.19. The lowest BCUT2D eigenvalue weighted by Gasteiger charge is -2.36. The molecule has 2 aromatic carbocycles. The quantitative estimate of drug-likeness (QED) is 0.912. The van der Waals surface area contributed by atoms with Gasteiger partial charge in [0.05, 0.1) is 5.69 Å². The molecular formula is C17H16F3N3O. The summed E-state index contributed by atoms with van der Waals surface area (Å²) in [5, 5.41) is 2.45. The summed E-state index contributed by atoms with van der Waals surface area (Å²) in [5.74, 6) is -1.80. The fraction of sp³-hybridized carbons (Fsp3) is 0.235. The molecule has 0 spiro atoms. The number of hydrogen-bond donors (Lipinski definition) is 1. The zero-order valence-corrected chi connectivity index (χ0v) is 12.8. The Morgan fingerprint density at radius 1 is 0.875 bits per heavy atom. The molecule has 24 heavy (non-hydrogen) atoms. The monoisotopic (exact) mass is 335 g/mol. The molecule has 0 bridgehead atoms. The van der Waals surface area contributed by atoms with E-state index in [1.54, 1.807) is 17.0 Å². The van der Waals surface area contributed by atoms with E-state index < -0.39 is 17.7 Å². The number of carbonyl (C=O) groups is 1. The topological polar surface area (TPSA) is 35.6 Å². The summed E-state index contributed by atoms with van der Waals surface area (Å²) in [6.45, 7) is 2.08. The molecule has 0 aromatic heterocycles. The third-order valence-corrected chi connectivity index (χ3v) is 3.93. The highest BCUT2D eigenvalue weighted by Gasteiger charge is 2.22. The van der Waals surface area contributed by atoms with Crippen LogP contribution >= 0.6 is 0 Å². The van der Waals surface area contributed by atoms with Crippen molar-refractivity contribution in [1.82, 2.24) is 4.90 Å². The van der Waals surface area contributed by atoms with Gasteiger partial charge in [-0.05, 0) is 36.4 Å². The fourth-order valence-electron chi connectivity index (χ4n) is 2.60. The zero-order chi connectivity index (χ0) is 17.1. The van der Waals surface area contributed by atoms with E-state index in [2.05, 4.69) is 5.32 Å².